The second-order valence-electron chi connectivity index (χ2n) is 6.93. The number of sulfonamides is 1. The number of nitrogens with zero attached hydrogens (tertiary/aromatic N) is 1. The van der Waals surface area contributed by atoms with E-state index in [1.165, 1.54) is 6.07 Å². The van der Waals surface area contributed by atoms with E-state index in [9.17, 15) is 13.2 Å². The third-order valence-corrected chi connectivity index (χ3v) is 6.25. The maximum absolute atomic E-state index is 12.4. The minimum atomic E-state index is -3.68. The summed E-state index contributed by atoms with van der Waals surface area (Å²) in [6.07, 6.45) is 0.656. The van der Waals surface area contributed by atoms with E-state index in [2.05, 4.69) is 15.0 Å². The molecule has 0 aromatic heterocycles. The van der Waals surface area contributed by atoms with Gasteiger partial charge in [-0.15, -0.1) is 4.40 Å². The summed E-state index contributed by atoms with van der Waals surface area (Å²) >= 11 is 0. The fourth-order valence-corrected chi connectivity index (χ4v) is 4.54. The molecule has 0 saturated heterocycles. The molecule has 0 spiro atoms. The number of para-hydroxylation sites is 1. The molecule has 1 heterocycles. The van der Waals surface area contributed by atoms with E-state index in [4.69, 9.17) is 4.74 Å². The molecule has 3 aromatic rings. The molecule has 2 N–H and O–H groups in total. The topological polar surface area (TPSA) is 96.9 Å². The van der Waals surface area contributed by atoms with Crippen LogP contribution in [-0.4, -0.2) is 33.8 Å². The lowest BCUT2D eigenvalue weighted by Gasteiger charge is -2.10. The van der Waals surface area contributed by atoms with Crippen LogP contribution in [0.1, 0.15) is 21.5 Å². The standard InChI is InChI=1S/C23H21N3O4S/c1-30-20-8-4-2-6-16(20)14-15-24-23(27)17-10-12-18(13-11-17)25-22-19-7-3-5-9-21(19)31(28,29)26-22/h2-13H,14-15H2,1H3,(H,24,27)(H,25,26). The van der Waals surface area contributed by atoms with Gasteiger partial charge in [0.05, 0.1) is 7.11 Å². The number of methoxy groups -OCH3 is 1. The molecular weight excluding hydrogens is 414 g/mol. The van der Waals surface area contributed by atoms with Gasteiger partial charge in [0.2, 0.25) is 0 Å². The van der Waals surface area contributed by atoms with Crippen molar-refractivity contribution in [1.29, 1.82) is 0 Å². The highest BCUT2D eigenvalue weighted by atomic mass is 32.2. The Bertz CT molecular complexity index is 1250. The third kappa shape index (κ3) is 4.44. The Hall–Kier alpha value is -3.65. The molecule has 31 heavy (non-hydrogen) atoms. The zero-order valence-electron chi connectivity index (χ0n) is 16.8. The number of carbonyl (C=O) groups is 1. The van der Waals surface area contributed by atoms with Gasteiger partial charge in [0.15, 0.2) is 5.84 Å². The fourth-order valence-electron chi connectivity index (χ4n) is 3.36. The fraction of sp³-hybridized carbons (Fsp3) is 0.130. The summed E-state index contributed by atoms with van der Waals surface area (Å²) in [5, 5.41) is 5.92. The molecule has 3 aromatic carbocycles. The van der Waals surface area contributed by atoms with Gasteiger partial charge < -0.3 is 15.4 Å². The summed E-state index contributed by atoms with van der Waals surface area (Å²) in [5.41, 5.74) is 2.70. The number of fused-ring (bicyclic) bond motifs is 1. The summed E-state index contributed by atoms with van der Waals surface area (Å²) in [6.45, 7) is 0.477. The molecule has 1 aliphatic heterocycles. The molecule has 7 nitrogen and oxygen atoms in total. The number of benzene rings is 3. The van der Waals surface area contributed by atoms with Gasteiger partial charge in [-0.3, -0.25) is 4.79 Å². The molecule has 0 unspecified atom stereocenters. The summed E-state index contributed by atoms with van der Waals surface area (Å²) in [7, 11) is -2.06. The number of amidine groups is 1. The van der Waals surface area contributed by atoms with Crippen LogP contribution in [0, 0.1) is 0 Å². The van der Waals surface area contributed by atoms with Crippen molar-refractivity contribution in [2.24, 2.45) is 4.40 Å². The lowest BCUT2D eigenvalue weighted by Crippen LogP contribution is -2.25. The molecule has 1 amide bonds. The molecule has 0 aliphatic carbocycles. The average Bonchev–Trinajstić information content (AvgIpc) is 3.04. The number of ether oxygens (including phenoxy) is 1. The first-order chi connectivity index (χ1) is 15.0. The van der Waals surface area contributed by atoms with E-state index in [1.54, 1.807) is 49.6 Å². The molecule has 0 radical (unpaired) electrons. The lowest BCUT2D eigenvalue weighted by atomic mass is 10.1. The van der Waals surface area contributed by atoms with Gasteiger partial charge in [-0.1, -0.05) is 30.3 Å². The zero-order valence-corrected chi connectivity index (χ0v) is 17.6. The van der Waals surface area contributed by atoms with E-state index < -0.39 is 10.0 Å². The van der Waals surface area contributed by atoms with E-state index in [0.29, 0.717) is 29.8 Å². The molecule has 0 bridgehead atoms. The first-order valence-corrected chi connectivity index (χ1v) is 11.1. The maximum Gasteiger partial charge on any atom is 0.285 e. The number of hydrogen-bond acceptors (Lipinski definition) is 5. The van der Waals surface area contributed by atoms with Gasteiger partial charge >= 0.3 is 0 Å². The van der Waals surface area contributed by atoms with Gasteiger partial charge in [0.25, 0.3) is 15.9 Å². The van der Waals surface area contributed by atoms with E-state index in [0.717, 1.165) is 11.3 Å². The summed E-state index contributed by atoms with van der Waals surface area (Å²) in [5.74, 6) is 0.878. The molecule has 158 valence electrons. The Morgan fingerprint density at radius 2 is 1.68 bits per heavy atom. The van der Waals surface area contributed by atoms with Gasteiger partial charge in [0.1, 0.15) is 10.6 Å². The van der Waals surface area contributed by atoms with Crippen LogP contribution in [-0.2, 0) is 16.4 Å². The molecule has 4 rings (SSSR count). The van der Waals surface area contributed by atoms with E-state index >= 15 is 0 Å². The van der Waals surface area contributed by atoms with Crippen molar-refractivity contribution in [1.82, 2.24) is 5.32 Å². The number of anilines is 1. The SMILES string of the molecule is COc1ccccc1CCNC(=O)c1ccc(NC2=NS(=O)(=O)c3ccccc32)cc1. The smallest absolute Gasteiger partial charge is 0.285 e. The number of amides is 1. The number of carbonyl (C=O) groups excluding carboxylic acids is 1. The highest BCUT2D eigenvalue weighted by Gasteiger charge is 2.28. The van der Waals surface area contributed by atoms with E-state index in [1.807, 2.05) is 24.3 Å². The minimum Gasteiger partial charge on any atom is -0.496 e. The predicted molar refractivity (Wildman–Crippen MR) is 119 cm³/mol. The van der Waals surface area contributed by atoms with Crippen LogP contribution in [0.3, 0.4) is 0 Å². The second kappa shape index (κ2) is 8.61. The van der Waals surface area contributed by atoms with Crippen LogP contribution in [0.15, 0.2) is 82.1 Å². The van der Waals surface area contributed by atoms with Gasteiger partial charge in [0, 0.05) is 23.4 Å². The Kier molecular flexibility index (Phi) is 5.73. The Morgan fingerprint density at radius 1 is 0.968 bits per heavy atom. The van der Waals surface area contributed by atoms with Crippen LogP contribution in [0.2, 0.25) is 0 Å². The highest BCUT2D eigenvalue weighted by Crippen LogP contribution is 2.26. The first kappa shape index (κ1) is 20.6. The average molecular weight is 436 g/mol. The van der Waals surface area contributed by atoms with Gasteiger partial charge in [-0.2, -0.15) is 8.42 Å². The van der Waals surface area contributed by atoms with E-state index in [-0.39, 0.29) is 16.6 Å². The predicted octanol–water partition coefficient (Wildman–Crippen LogP) is 3.23. The zero-order chi connectivity index (χ0) is 21.8. The summed E-state index contributed by atoms with van der Waals surface area (Å²) in [6, 6.07) is 21.1. The summed E-state index contributed by atoms with van der Waals surface area (Å²) < 4.78 is 33.4. The Labute approximate surface area is 180 Å². The van der Waals surface area contributed by atoms with Crippen LogP contribution < -0.4 is 15.4 Å². The molecule has 0 saturated carbocycles. The first-order valence-electron chi connectivity index (χ1n) is 9.69. The van der Waals surface area contributed by atoms with Crippen molar-refractivity contribution in [3.05, 3.63) is 89.5 Å². The van der Waals surface area contributed by atoms with Crippen molar-refractivity contribution in [2.75, 3.05) is 19.0 Å². The molecular formula is C23H21N3O4S. The van der Waals surface area contributed by atoms with Crippen molar-refractivity contribution in [3.8, 4) is 5.75 Å². The Morgan fingerprint density at radius 3 is 2.45 bits per heavy atom. The van der Waals surface area contributed by atoms with Crippen molar-refractivity contribution < 1.29 is 17.9 Å². The van der Waals surface area contributed by atoms with Crippen LogP contribution in [0.25, 0.3) is 0 Å². The summed E-state index contributed by atoms with van der Waals surface area (Å²) in [4.78, 5) is 12.6. The second-order valence-corrected chi connectivity index (χ2v) is 8.50. The largest absolute Gasteiger partial charge is 0.496 e. The number of hydrogen-bond donors (Lipinski definition) is 2. The van der Waals surface area contributed by atoms with Gasteiger partial charge in [-0.05, 0) is 54.4 Å². The molecule has 8 heteroatoms. The normalized spacial score (nSPS) is 13.8. The van der Waals surface area contributed by atoms with Crippen molar-refractivity contribution in [3.63, 3.8) is 0 Å². The molecule has 0 fully saturated rings. The quantitative estimate of drug-likeness (QED) is 0.620. The minimum absolute atomic E-state index is 0.184. The molecule has 1 aliphatic rings. The maximum atomic E-state index is 12.4. The number of nitrogens with one attached hydrogen (secondary N) is 2. The third-order valence-electron chi connectivity index (χ3n) is 4.91. The van der Waals surface area contributed by atoms with Crippen molar-refractivity contribution >= 4 is 27.5 Å². The highest BCUT2D eigenvalue weighted by molar-refractivity contribution is 7.90. The monoisotopic (exact) mass is 435 g/mol. The Balaban J connectivity index is 1.38. The number of rotatable bonds is 6. The van der Waals surface area contributed by atoms with Crippen molar-refractivity contribution in [2.45, 2.75) is 11.3 Å². The van der Waals surface area contributed by atoms with Gasteiger partial charge in [-0.25, -0.2) is 0 Å². The lowest BCUT2D eigenvalue weighted by molar-refractivity contribution is 0.0954. The van der Waals surface area contributed by atoms with Crippen LogP contribution in [0.4, 0.5) is 5.69 Å². The molecule has 0 atom stereocenters. The van der Waals surface area contributed by atoms with Crippen LogP contribution in [0.5, 0.6) is 5.75 Å². The van der Waals surface area contributed by atoms with Crippen LogP contribution >= 0.6 is 0 Å².